The number of rotatable bonds is 10. The first kappa shape index (κ1) is 14.3. The maximum Gasteiger partial charge on any atom is 0.0590 e. The van der Waals surface area contributed by atoms with Crippen LogP contribution in [0.4, 0.5) is 0 Å². The van der Waals surface area contributed by atoms with Gasteiger partial charge in [-0.2, -0.15) is 11.8 Å². The molecule has 0 amide bonds. The molecule has 0 saturated carbocycles. The molecule has 14 heavy (non-hydrogen) atoms. The fourth-order valence-corrected chi connectivity index (χ4v) is 1.71. The molecular weight excluding hydrogens is 194 g/mol. The van der Waals surface area contributed by atoms with Crippen molar-refractivity contribution in [1.29, 1.82) is 0 Å². The second kappa shape index (κ2) is 11.3. The summed E-state index contributed by atoms with van der Waals surface area (Å²) in [7, 11) is 0. The zero-order valence-electron chi connectivity index (χ0n) is 9.84. The highest BCUT2D eigenvalue weighted by atomic mass is 32.2. The van der Waals surface area contributed by atoms with E-state index < -0.39 is 0 Å². The van der Waals surface area contributed by atoms with Crippen molar-refractivity contribution >= 4 is 11.8 Å². The number of unbranched alkanes of at least 4 members (excludes halogenated alkanes) is 1. The van der Waals surface area contributed by atoms with Gasteiger partial charge in [-0.05, 0) is 31.8 Å². The lowest BCUT2D eigenvalue weighted by Gasteiger charge is -2.12. The quantitative estimate of drug-likeness (QED) is 0.571. The minimum Gasteiger partial charge on any atom is -0.380 e. The molecule has 0 aromatic heterocycles. The minimum atomic E-state index is 0.622. The van der Waals surface area contributed by atoms with Crippen molar-refractivity contribution in [3.8, 4) is 0 Å². The summed E-state index contributed by atoms with van der Waals surface area (Å²) in [6.07, 6.45) is 5.80. The van der Waals surface area contributed by atoms with E-state index in [9.17, 15) is 0 Å². The molecule has 86 valence electrons. The molecule has 1 N–H and O–H groups in total. The Morgan fingerprint density at radius 1 is 1.36 bits per heavy atom. The van der Waals surface area contributed by atoms with Gasteiger partial charge in [0.25, 0.3) is 0 Å². The van der Waals surface area contributed by atoms with E-state index in [1.807, 2.05) is 11.8 Å². The summed E-state index contributed by atoms with van der Waals surface area (Å²) in [5.74, 6) is 1.24. The molecule has 0 spiro atoms. The SMILES string of the molecule is CCCCOCCNC(C)CCSC. The summed E-state index contributed by atoms with van der Waals surface area (Å²) >= 11 is 1.91. The maximum atomic E-state index is 5.46. The van der Waals surface area contributed by atoms with Gasteiger partial charge in [0.15, 0.2) is 0 Å². The maximum absolute atomic E-state index is 5.46. The Bertz CT molecular complexity index is 111. The normalized spacial score (nSPS) is 13.1. The van der Waals surface area contributed by atoms with Gasteiger partial charge < -0.3 is 10.1 Å². The van der Waals surface area contributed by atoms with Gasteiger partial charge in [-0.1, -0.05) is 13.3 Å². The van der Waals surface area contributed by atoms with E-state index in [4.69, 9.17) is 4.74 Å². The lowest BCUT2D eigenvalue weighted by molar-refractivity contribution is 0.131. The first-order valence-electron chi connectivity index (χ1n) is 5.61. The third-order valence-corrected chi connectivity index (χ3v) is 2.78. The fourth-order valence-electron chi connectivity index (χ4n) is 1.12. The lowest BCUT2D eigenvalue weighted by Crippen LogP contribution is -2.30. The fraction of sp³-hybridized carbons (Fsp3) is 1.00. The summed E-state index contributed by atoms with van der Waals surface area (Å²) in [6, 6.07) is 0.622. The first-order chi connectivity index (χ1) is 6.81. The summed E-state index contributed by atoms with van der Waals surface area (Å²) < 4.78 is 5.46. The zero-order chi connectivity index (χ0) is 10.6. The summed E-state index contributed by atoms with van der Waals surface area (Å²) in [5.41, 5.74) is 0. The molecule has 0 rings (SSSR count). The van der Waals surface area contributed by atoms with Crippen molar-refractivity contribution in [2.75, 3.05) is 31.8 Å². The molecule has 1 unspecified atom stereocenters. The summed E-state index contributed by atoms with van der Waals surface area (Å²) in [5, 5.41) is 3.46. The molecule has 0 fully saturated rings. The summed E-state index contributed by atoms with van der Waals surface area (Å²) in [4.78, 5) is 0. The minimum absolute atomic E-state index is 0.622. The van der Waals surface area contributed by atoms with E-state index >= 15 is 0 Å². The molecule has 0 bridgehead atoms. The van der Waals surface area contributed by atoms with Gasteiger partial charge in [0.2, 0.25) is 0 Å². The molecule has 2 nitrogen and oxygen atoms in total. The van der Waals surface area contributed by atoms with Crippen LogP contribution in [-0.4, -0.2) is 37.8 Å². The van der Waals surface area contributed by atoms with E-state index in [0.717, 1.165) is 19.8 Å². The summed E-state index contributed by atoms with van der Waals surface area (Å²) in [6.45, 7) is 7.18. The molecule has 0 aromatic carbocycles. The number of ether oxygens (including phenoxy) is 1. The van der Waals surface area contributed by atoms with Crippen molar-refractivity contribution in [2.45, 2.75) is 39.2 Å². The van der Waals surface area contributed by atoms with Gasteiger partial charge in [-0.3, -0.25) is 0 Å². The molecular formula is C11H25NOS. The average molecular weight is 219 g/mol. The lowest BCUT2D eigenvalue weighted by atomic mass is 10.2. The Labute approximate surface area is 93.2 Å². The van der Waals surface area contributed by atoms with Crippen LogP contribution in [0.1, 0.15) is 33.1 Å². The second-order valence-corrected chi connectivity index (χ2v) is 4.59. The van der Waals surface area contributed by atoms with Gasteiger partial charge >= 0.3 is 0 Å². The number of hydrogen-bond acceptors (Lipinski definition) is 3. The molecule has 0 aliphatic heterocycles. The Morgan fingerprint density at radius 2 is 2.14 bits per heavy atom. The van der Waals surface area contributed by atoms with Crippen LogP contribution in [0.15, 0.2) is 0 Å². The molecule has 0 saturated heterocycles. The van der Waals surface area contributed by atoms with Crippen LogP contribution in [0.3, 0.4) is 0 Å². The van der Waals surface area contributed by atoms with Crippen molar-refractivity contribution < 1.29 is 4.74 Å². The van der Waals surface area contributed by atoms with E-state index in [0.29, 0.717) is 6.04 Å². The van der Waals surface area contributed by atoms with Crippen molar-refractivity contribution in [3.05, 3.63) is 0 Å². The Kier molecular flexibility index (Phi) is 11.6. The van der Waals surface area contributed by atoms with Crippen LogP contribution >= 0.6 is 11.8 Å². The van der Waals surface area contributed by atoms with Gasteiger partial charge in [-0.15, -0.1) is 0 Å². The zero-order valence-corrected chi connectivity index (χ0v) is 10.7. The first-order valence-corrected chi connectivity index (χ1v) is 7.00. The van der Waals surface area contributed by atoms with Crippen LogP contribution < -0.4 is 5.32 Å². The molecule has 0 aromatic rings. The Morgan fingerprint density at radius 3 is 2.79 bits per heavy atom. The van der Waals surface area contributed by atoms with Crippen LogP contribution in [0.2, 0.25) is 0 Å². The highest BCUT2D eigenvalue weighted by molar-refractivity contribution is 7.98. The van der Waals surface area contributed by atoms with Crippen molar-refractivity contribution in [1.82, 2.24) is 5.32 Å². The van der Waals surface area contributed by atoms with Crippen LogP contribution in [-0.2, 0) is 4.74 Å². The third kappa shape index (κ3) is 10.4. The number of thioether (sulfide) groups is 1. The van der Waals surface area contributed by atoms with Gasteiger partial charge in [0.1, 0.15) is 0 Å². The topological polar surface area (TPSA) is 21.3 Å². The smallest absolute Gasteiger partial charge is 0.0590 e. The van der Waals surface area contributed by atoms with E-state index in [2.05, 4.69) is 25.4 Å². The Hall–Kier alpha value is 0.270. The molecule has 0 aliphatic carbocycles. The van der Waals surface area contributed by atoms with E-state index in [1.54, 1.807) is 0 Å². The predicted octanol–water partition coefficient (Wildman–Crippen LogP) is 2.53. The molecule has 0 radical (unpaired) electrons. The molecule has 0 heterocycles. The van der Waals surface area contributed by atoms with E-state index in [1.165, 1.54) is 25.0 Å². The number of hydrogen-bond donors (Lipinski definition) is 1. The predicted molar refractivity (Wildman–Crippen MR) is 66.2 cm³/mol. The standard InChI is InChI=1S/C11H25NOS/c1-4-5-8-13-9-7-12-11(2)6-10-14-3/h11-12H,4-10H2,1-3H3. The van der Waals surface area contributed by atoms with Crippen molar-refractivity contribution in [3.63, 3.8) is 0 Å². The van der Waals surface area contributed by atoms with Gasteiger partial charge in [0.05, 0.1) is 6.61 Å². The van der Waals surface area contributed by atoms with Gasteiger partial charge in [-0.25, -0.2) is 0 Å². The highest BCUT2D eigenvalue weighted by Gasteiger charge is 1.99. The molecule has 3 heteroatoms. The second-order valence-electron chi connectivity index (χ2n) is 3.60. The number of nitrogens with one attached hydrogen (secondary N) is 1. The third-order valence-electron chi connectivity index (χ3n) is 2.14. The Balaban J connectivity index is 3.02. The van der Waals surface area contributed by atoms with Crippen LogP contribution in [0.25, 0.3) is 0 Å². The highest BCUT2D eigenvalue weighted by Crippen LogP contribution is 1.99. The van der Waals surface area contributed by atoms with Crippen LogP contribution in [0, 0.1) is 0 Å². The van der Waals surface area contributed by atoms with Crippen molar-refractivity contribution in [2.24, 2.45) is 0 Å². The molecule has 0 aliphatic rings. The van der Waals surface area contributed by atoms with E-state index in [-0.39, 0.29) is 0 Å². The van der Waals surface area contributed by atoms with Gasteiger partial charge in [0, 0.05) is 19.2 Å². The monoisotopic (exact) mass is 219 g/mol. The largest absolute Gasteiger partial charge is 0.380 e. The van der Waals surface area contributed by atoms with Crippen LogP contribution in [0.5, 0.6) is 0 Å². The molecule has 1 atom stereocenters. The average Bonchev–Trinajstić information content (AvgIpc) is 2.20.